The van der Waals surface area contributed by atoms with Crippen molar-refractivity contribution < 1.29 is 18.9 Å². The maximum absolute atomic E-state index is 6.40. The van der Waals surface area contributed by atoms with E-state index in [9.17, 15) is 0 Å². The van der Waals surface area contributed by atoms with E-state index in [4.69, 9.17) is 18.9 Å². The lowest BCUT2D eigenvalue weighted by Gasteiger charge is -2.56. The Morgan fingerprint density at radius 3 is 2.65 bits per heavy atom. The Labute approximate surface area is 263 Å². The number of nitrogens with one attached hydrogen (secondary N) is 1. The number of hydrogen-bond acceptors (Lipinski definition) is 7. The number of benzene rings is 2. The summed E-state index contributed by atoms with van der Waals surface area (Å²) in [5.74, 6) is 2.85. The van der Waals surface area contributed by atoms with Gasteiger partial charge < -0.3 is 24.3 Å². The molecule has 0 unspecified atom stereocenters. The van der Waals surface area contributed by atoms with Gasteiger partial charge in [0, 0.05) is 62.1 Å². The zero-order valence-electron chi connectivity index (χ0n) is 26.6. The van der Waals surface area contributed by atoms with Gasteiger partial charge in [-0.1, -0.05) is 68.5 Å². The Morgan fingerprint density at radius 2 is 1.88 bits per heavy atom. The molecule has 0 radical (unpaired) electrons. The summed E-state index contributed by atoms with van der Waals surface area (Å²) < 4.78 is 23.9. The zero-order valence-corrected chi connectivity index (χ0v) is 28.5. The van der Waals surface area contributed by atoms with Crippen molar-refractivity contribution in [2.24, 2.45) is 11.8 Å². The fourth-order valence-corrected chi connectivity index (χ4v) is 10.3. The Hall–Kier alpha value is -1.81. The molecule has 1 saturated carbocycles. The molecule has 3 heterocycles. The second-order valence-electron chi connectivity index (χ2n) is 13.8. The van der Waals surface area contributed by atoms with Gasteiger partial charge in [-0.3, -0.25) is 4.90 Å². The zero-order chi connectivity index (χ0) is 30.0. The van der Waals surface area contributed by atoms with Gasteiger partial charge in [0.25, 0.3) is 0 Å². The molecule has 1 N–H and O–H groups in total. The van der Waals surface area contributed by atoms with Crippen LogP contribution >= 0.6 is 11.8 Å². The third kappa shape index (κ3) is 6.20. The van der Waals surface area contributed by atoms with Crippen molar-refractivity contribution in [1.82, 2.24) is 4.90 Å². The monoisotopic (exact) mass is 622 g/mol. The van der Waals surface area contributed by atoms with E-state index in [0.29, 0.717) is 55.8 Å². The van der Waals surface area contributed by atoms with E-state index in [1.54, 1.807) is 7.11 Å². The van der Waals surface area contributed by atoms with Crippen LogP contribution in [0.2, 0.25) is 25.7 Å². The first kappa shape index (κ1) is 31.2. The van der Waals surface area contributed by atoms with Crippen molar-refractivity contribution >= 4 is 25.5 Å². The third-order valence-electron chi connectivity index (χ3n) is 10.2. The van der Waals surface area contributed by atoms with Gasteiger partial charge in [-0.05, 0) is 53.5 Å². The Kier molecular flexibility index (Phi) is 9.62. The van der Waals surface area contributed by atoms with E-state index < -0.39 is 8.07 Å². The normalized spacial score (nSPS) is 30.3. The predicted molar refractivity (Wildman–Crippen MR) is 180 cm³/mol. The third-order valence-corrected chi connectivity index (χ3v) is 13.1. The molecule has 2 bridgehead atoms. The highest BCUT2D eigenvalue weighted by atomic mass is 32.2. The van der Waals surface area contributed by atoms with Crippen LogP contribution in [-0.4, -0.2) is 82.9 Å². The van der Waals surface area contributed by atoms with Crippen molar-refractivity contribution in [3.8, 4) is 5.75 Å². The average molecular weight is 623 g/mol. The second kappa shape index (κ2) is 13.3. The van der Waals surface area contributed by atoms with E-state index in [-0.39, 0.29) is 5.41 Å². The first-order valence-corrected chi connectivity index (χ1v) is 20.9. The van der Waals surface area contributed by atoms with Gasteiger partial charge in [0.15, 0.2) is 0 Å². The van der Waals surface area contributed by atoms with Gasteiger partial charge in [-0.15, -0.1) is 0 Å². The van der Waals surface area contributed by atoms with Crippen LogP contribution in [0.1, 0.15) is 24.5 Å². The second-order valence-corrected chi connectivity index (χ2v) is 20.9. The molecule has 4 aliphatic rings. The first-order valence-electron chi connectivity index (χ1n) is 16.1. The van der Waals surface area contributed by atoms with Gasteiger partial charge in [0.1, 0.15) is 12.5 Å². The molecule has 2 aromatic carbocycles. The van der Waals surface area contributed by atoms with Crippen LogP contribution in [0.3, 0.4) is 0 Å². The molecular formula is C35H50N2O4SSi. The number of piperidine rings is 1. The minimum Gasteiger partial charge on any atom is -0.497 e. The number of anilines is 1. The lowest BCUT2D eigenvalue weighted by atomic mass is 9.55. The van der Waals surface area contributed by atoms with Gasteiger partial charge in [-0.2, -0.15) is 11.8 Å². The molecule has 2 aromatic rings. The van der Waals surface area contributed by atoms with Gasteiger partial charge in [0.05, 0.1) is 26.9 Å². The van der Waals surface area contributed by atoms with E-state index in [1.165, 1.54) is 29.3 Å². The topological polar surface area (TPSA) is 52.2 Å². The smallest absolute Gasteiger partial charge is 0.146 e. The van der Waals surface area contributed by atoms with Crippen molar-refractivity contribution in [3.63, 3.8) is 0 Å². The molecule has 43 heavy (non-hydrogen) atoms. The molecule has 6 rings (SSSR count). The lowest BCUT2D eigenvalue weighted by Crippen LogP contribution is -2.64. The van der Waals surface area contributed by atoms with Crippen molar-refractivity contribution in [1.29, 1.82) is 0 Å². The summed E-state index contributed by atoms with van der Waals surface area (Å²) in [6.07, 6.45) is 3.57. The molecule has 1 aliphatic carbocycles. The SMILES string of the molecule is CCS[C@@H]1CN2C/C(=C/COCc3ccc(OC)cc3)[C@@H]3C[C@H]2[C@]12c1ccccc1N[C@H]2[C@H]3COCOCC[Si](C)(C)C. The van der Waals surface area contributed by atoms with Crippen molar-refractivity contribution in [2.45, 2.75) is 68.4 Å². The molecule has 0 amide bonds. The van der Waals surface area contributed by atoms with Crippen molar-refractivity contribution in [2.75, 3.05) is 57.9 Å². The van der Waals surface area contributed by atoms with E-state index >= 15 is 0 Å². The number of hydrogen-bond donors (Lipinski definition) is 1. The Balaban J connectivity index is 1.22. The van der Waals surface area contributed by atoms with Crippen LogP contribution in [0.4, 0.5) is 5.69 Å². The molecule has 1 spiro atoms. The molecular weight excluding hydrogens is 573 g/mol. The molecule has 0 aromatic heterocycles. The Bertz CT molecular complexity index is 1270. The van der Waals surface area contributed by atoms with Crippen LogP contribution in [0.15, 0.2) is 60.2 Å². The van der Waals surface area contributed by atoms with Gasteiger partial charge in [-0.25, -0.2) is 0 Å². The average Bonchev–Trinajstić information content (AvgIpc) is 3.52. The highest BCUT2D eigenvalue weighted by Crippen LogP contribution is 2.63. The highest BCUT2D eigenvalue weighted by molar-refractivity contribution is 8.00. The van der Waals surface area contributed by atoms with E-state index in [0.717, 1.165) is 36.8 Å². The molecule has 6 atom stereocenters. The van der Waals surface area contributed by atoms with Crippen LogP contribution in [0, 0.1) is 11.8 Å². The van der Waals surface area contributed by atoms with E-state index in [2.05, 4.69) is 91.0 Å². The summed E-state index contributed by atoms with van der Waals surface area (Å²) in [5, 5.41) is 4.65. The fourth-order valence-electron chi connectivity index (χ4n) is 8.18. The quantitative estimate of drug-likeness (QED) is 0.110. The minimum atomic E-state index is -1.12. The number of rotatable bonds is 14. The van der Waals surface area contributed by atoms with Crippen LogP contribution < -0.4 is 10.1 Å². The minimum absolute atomic E-state index is 0.108. The number of para-hydroxylation sites is 1. The number of ether oxygens (including phenoxy) is 4. The van der Waals surface area contributed by atoms with E-state index in [1.807, 2.05) is 12.1 Å². The molecule has 8 heteroatoms. The molecule has 3 fully saturated rings. The van der Waals surface area contributed by atoms with Crippen molar-refractivity contribution in [3.05, 3.63) is 71.3 Å². The molecule has 234 valence electrons. The number of thioether (sulfide) groups is 1. The number of nitrogens with zero attached hydrogens (tertiary/aromatic N) is 1. The molecule has 2 saturated heterocycles. The standard InChI is InChI=1S/C35H50N2O4SSi/c1-6-42-33-21-37-20-26(15-16-39-22-25-11-13-27(38-2)14-12-25)28-19-32(37)35(33)30-9-7-8-10-31(30)36-34(35)29(28)23-41-24-40-17-18-43(3,4)5/h7-15,28-29,32-34,36H,6,16-24H2,1-5H3/b26-15-/t28-,29-,32-,33+,34-,35+/m0/s1. The summed E-state index contributed by atoms with van der Waals surface area (Å²) in [4.78, 5) is 2.80. The number of fused-ring (bicyclic) bond motifs is 2. The van der Waals surface area contributed by atoms with Crippen LogP contribution in [0.25, 0.3) is 0 Å². The number of methoxy groups -OCH3 is 1. The molecule has 6 nitrogen and oxygen atoms in total. The summed E-state index contributed by atoms with van der Waals surface area (Å²) in [5.41, 5.74) is 5.65. The predicted octanol–water partition coefficient (Wildman–Crippen LogP) is 6.65. The van der Waals surface area contributed by atoms with Gasteiger partial charge in [0.2, 0.25) is 0 Å². The fraction of sp³-hybridized carbons (Fsp3) is 0.600. The maximum atomic E-state index is 6.40. The summed E-state index contributed by atoms with van der Waals surface area (Å²) in [6, 6.07) is 19.3. The lowest BCUT2D eigenvalue weighted by molar-refractivity contribution is -0.0797. The Morgan fingerprint density at radius 1 is 1.07 bits per heavy atom. The largest absolute Gasteiger partial charge is 0.497 e. The van der Waals surface area contributed by atoms with Crippen LogP contribution in [0.5, 0.6) is 5.75 Å². The summed E-state index contributed by atoms with van der Waals surface area (Å²) >= 11 is 2.16. The van der Waals surface area contributed by atoms with Crippen LogP contribution in [-0.2, 0) is 26.2 Å². The first-order chi connectivity index (χ1) is 20.8. The summed E-state index contributed by atoms with van der Waals surface area (Å²) in [7, 11) is 0.579. The highest BCUT2D eigenvalue weighted by Gasteiger charge is 2.69. The van der Waals surface area contributed by atoms with Gasteiger partial charge >= 0.3 is 0 Å². The molecule has 3 aliphatic heterocycles. The maximum Gasteiger partial charge on any atom is 0.146 e. The summed E-state index contributed by atoms with van der Waals surface area (Å²) in [6.45, 7) is 14.8.